The summed E-state index contributed by atoms with van der Waals surface area (Å²) >= 11 is 3.02. The summed E-state index contributed by atoms with van der Waals surface area (Å²) < 4.78 is 5.21. The maximum Gasteiger partial charge on any atom is 0.236 e. The molecular formula is C17H17N3O2S2. The number of amides is 1. The highest BCUT2D eigenvalue weighted by molar-refractivity contribution is 7.99. The van der Waals surface area contributed by atoms with Crippen LogP contribution in [0.4, 0.5) is 0 Å². The van der Waals surface area contributed by atoms with Gasteiger partial charge in [0.25, 0.3) is 0 Å². The number of rotatable bonds is 7. The van der Waals surface area contributed by atoms with E-state index >= 15 is 0 Å². The quantitative estimate of drug-likeness (QED) is 0.693. The molecule has 5 nitrogen and oxygen atoms in total. The van der Waals surface area contributed by atoms with Crippen LogP contribution in [0.15, 0.2) is 52.4 Å². The van der Waals surface area contributed by atoms with Crippen molar-refractivity contribution < 1.29 is 9.32 Å². The van der Waals surface area contributed by atoms with E-state index in [9.17, 15) is 4.79 Å². The van der Waals surface area contributed by atoms with Crippen LogP contribution in [0.5, 0.6) is 0 Å². The van der Waals surface area contributed by atoms with Crippen molar-refractivity contribution in [2.75, 3.05) is 5.75 Å². The van der Waals surface area contributed by atoms with E-state index in [0.717, 1.165) is 10.4 Å². The van der Waals surface area contributed by atoms with Gasteiger partial charge in [-0.25, -0.2) is 0 Å². The third kappa shape index (κ3) is 4.46. The van der Waals surface area contributed by atoms with Gasteiger partial charge in [0.05, 0.1) is 22.4 Å². The van der Waals surface area contributed by atoms with Crippen molar-refractivity contribution in [1.29, 1.82) is 0 Å². The Hall–Kier alpha value is -2.12. The molecule has 0 fully saturated rings. The fourth-order valence-corrected chi connectivity index (χ4v) is 3.47. The molecule has 1 amide bonds. The molecule has 0 aliphatic heterocycles. The summed E-state index contributed by atoms with van der Waals surface area (Å²) in [5, 5.41) is 8.91. The molecule has 3 aromatic rings. The van der Waals surface area contributed by atoms with Crippen LogP contribution in [-0.2, 0) is 10.5 Å². The number of hydrogen-bond donors (Lipinski definition) is 1. The largest absolute Gasteiger partial charge is 0.349 e. The van der Waals surface area contributed by atoms with Crippen molar-refractivity contribution in [3.63, 3.8) is 0 Å². The Kier molecular flexibility index (Phi) is 5.66. The summed E-state index contributed by atoms with van der Waals surface area (Å²) in [5.41, 5.74) is 1.09. The lowest BCUT2D eigenvalue weighted by atomic mass is 10.1. The van der Waals surface area contributed by atoms with Gasteiger partial charge in [-0.1, -0.05) is 41.6 Å². The highest BCUT2D eigenvalue weighted by Crippen LogP contribution is 2.22. The van der Waals surface area contributed by atoms with Gasteiger partial charge >= 0.3 is 0 Å². The molecule has 0 bridgehead atoms. The summed E-state index contributed by atoms with van der Waals surface area (Å²) in [5.74, 6) is 2.00. The Morgan fingerprint density at radius 1 is 1.29 bits per heavy atom. The molecule has 1 atom stereocenters. The number of carbonyl (C=O) groups excluding carboxylic acids is 1. The number of thiophene rings is 1. The topological polar surface area (TPSA) is 68.0 Å². The zero-order valence-corrected chi connectivity index (χ0v) is 14.8. The van der Waals surface area contributed by atoms with Crippen LogP contribution in [0.2, 0.25) is 0 Å². The Morgan fingerprint density at radius 2 is 2.12 bits per heavy atom. The third-order valence-electron chi connectivity index (χ3n) is 3.35. The van der Waals surface area contributed by atoms with Crippen molar-refractivity contribution in [3.05, 3.63) is 59.3 Å². The molecule has 0 saturated heterocycles. The van der Waals surface area contributed by atoms with Gasteiger partial charge in [-0.05, 0) is 23.9 Å². The van der Waals surface area contributed by atoms with Gasteiger partial charge in [0.15, 0.2) is 0 Å². The first-order chi connectivity index (χ1) is 11.7. The van der Waals surface area contributed by atoms with Gasteiger partial charge in [-0.15, -0.1) is 23.1 Å². The van der Waals surface area contributed by atoms with Gasteiger partial charge < -0.3 is 9.84 Å². The van der Waals surface area contributed by atoms with Gasteiger partial charge in [0.1, 0.15) is 0 Å². The van der Waals surface area contributed by atoms with Gasteiger partial charge in [0, 0.05) is 0 Å². The first kappa shape index (κ1) is 16.7. The third-order valence-corrected chi connectivity index (χ3v) is 5.13. The molecular weight excluding hydrogens is 342 g/mol. The van der Waals surface area contributed by atoms with Crippen LogP contribution in [0, 0.1) is 0 Å². The lowest BCUT2D eigenvalue weighted by Crippen LogP contribution is -2.28. The molecule has 7 heteroatoms. The number of thioether (sulfide) groups is 1. The molecule has 1 aromatic carbocycles. The maximum atomic E-state index is 12.0. The molecule has 0 aliphatic rings. The van der Waals surface area contributed by atoms with Gasteiger partial charge in [-0.2, -0.15) is 4.98 Å². The predicted octanol–water partition coefficient (Wildman–Crippen LogP) is 3.91. The average molecular weight is 359 g/mol. The van der Waals surface area contributed by atoms with Crippen LogP contribution in [-0.4, -0.2) is 21.8 Å². The summed E-state index contributed by atoms with van der Waals surface area (Å²) in [6.45, 7) is 1.98. The first-order valence-corrected chi connectivity index (χ1v) is 9.54. The zero-order chi connectivity index (χ0) is 16.8. The summed E-state index contributed by atoms with van der Waals surface area (Å²) in [6.07, 6.45) is 0. The molecule has 124 valence electrons. The normalized spacial score (nSPS) is 12.0. The fourth-order valence-electron chi connectivity index (χ4n) is 2.16. The molecule has 0 aliphatic carbocycles. The van der Waals surface area contributed by atoms with E-state index in [-0.39, 0.29) is 11.9 Å². The van der Waals surface area contributed by atoms with Crippen molar-refractivity contribution in [3.8, 4) is 10.7 Å². The Bertz CT molecular complexity index is 772. The average Bonchev–Trinajstić information content (AvgIpc) is 3.27. The van der Waals surface area contributed by atoms with E-state index in [0.29, 0.717) is 23.2 Å². The number of nitrogens with zero attached hydrogens (tertiary/aromatic N) is 2. The smallest absolute Gasteiger partial charge is 0.236 e. The number of carbonyl (C=O) groups is 1. The van der Waals surface area contributed by atoms with Crippen molar-refractivity contribution in [2.24, 2.45) is 0 Å². The lowest BCUT2D eigenvalue weighted by Gasteiger charge is -2.13. The minimum Gasteiger partial charge on any atom is -0.349 e. The molecule has 0 saturated carbocycles. The second kappa shape index (κ2) is 8.12. The van der Waals surface area contributed by atoms with E-state index in [1.807, 2.05) is 54.8 Å². The summed E-state index contributed by atoms with van der Waals surface area (Å²) in [7, 11) is 0. The van der Waals surface area contributed by atoms with E-state index in [1.165, 1.54) is 11.8 Å². The molecule has 2 heterocycles. The van der Waals surface area contributed by atoms with Crippen LogP contribution >= 0.6 is 23.1 Å². The van der Waals surface area contributed by atoms with Gasteiger partial charge in [-0.3, -0.25) is 4.79 Å². The fraction of sp³-hybridized carbons (Fsp3) is 0.235. The predicted molar refractivity (Wildman–Crippen MR) is 96.8 cm³/mol. The van der Waals surface area contributed by atoms with Crippen molar-refractivity contribution >= 4 is 29.0 Å². The zero-order valence-electron chi connectivity index (χ0n) is 13.1. The number of aromatic nitrogens is 2. The summed E-state index contributed by atoms with van der Waals surface area (Å²) in [4.78, 5) is 17.3. The van der Waals surface area contributed by atoms with Crippen LogP contribution in [0.25, 0.3) is 10.7 Å². The lowest BCUT2D eigenvalue weighted by molar-refractivity contribution is -0.119. The Labute approximate surface area is 148 Å². The maximum absolute atomic E-state index is 12.0. The molecule has 2 aromatic heterocycles. The minimum atomic E-state index is -0.00636. The summed E-state index contributed by atoms with van der Waals surface area (Å²) in [6, 6.07) is 13.8. The molecule has 0 unspecified atom stereocenters. The van der Waals surface area contributed by atoms with Gasteiger partial charge in [0.2, 0.25) is 17.6 Å². The molecule has 1 N–H and O–H groups in total. The van der Waals surface area contributed by atoms with Crippen LogP contribution < -0.4 is 5.32 Å². The van der Waals surface area contributed by atoms with Crippen molar-refractivity contribution in [2.45, 2.75) is 18.7 Å². The SMILES string of the molecule is C[C@H](NC(=O)CSCc1nc(-c2cccs2)no1)c1ccccc1. The molecule has 3 rings (SSSR count). The van der Waals surface area contributed by atoms with E-state index < -0.39 is 0 Å². The van der Waals surface area contributed by atoms with Crippen molar-refractivity contribution in [1.82, 2.24) is 15.5 Å². The molecule has 0 radical (unpaired) electrons. The van der Waals surface area contributed by atoms with E-state index in [2.05, 4.69) is 15.5 Å². The highest BCUT2D eigenvalue weighted by atomic mass is 32.2. The number of hydrogen-bond acceptors (Lipinski definition) is 6. The molecule has 24 heavy (non-hydrogen) atoms. The van der Waals surface area contributed by atoms with Crippen LogP contribution in [0.3, 0.4) is 0 Å². The van der Waals surface area contributed by atoms with Crippen LogP contribution in [0.1, 0.15) is 24.4 Å². The Balaban J connectivity index is 1.44. The molecule has 0 spiro atoms. The number of benzene rings is 1. The Morgan fingerprint density at radius 3 is 2.88 bits per heavy atom. The minimum absolute atomic E-state index is 0.00523. The first-order valence-electron chi connectivity index (χ1n) is 7.51. The van der Waals surface area contributed by atoms with E-state index in [4.69, 9.17) is 4.52 Å². The van der Waals surface area contributed by atoms with E-state index in [1.54, 1.807) is 11.3 Å². The number of nitrogens with one attached hydrogen (secondary N) is 1. The highest BCUT2D eigenvalue weighted by Gasteiger charge is 2.12. The standard InChI is InChI=1S/C17H17N3O2S2/c1-12(13-6-3-2-4-7-13)18-15(21)10-23-11-16-19-17(20-22-16)14-8-5-9-24-14/h2-9,12H,10-11H2,1H3,(H,18,21)/t12-/m0/s1. The second-order valence-electron chi connectivity index (χ2n) is 5.18. The second-order valence-corrected chi connectivity index (χ2v) is 7.12. The monoisotopic (exact) mass is 359 g/mol.